The molecule has 0 bridgehead atoms. The largest absolute Gasteiger partial charge is 0.305 e. The Morgan fingerprint density at radius 3 is 2.86 bits per heavy atom. The van der Waals surface area contributed by atoms with E-state index < -0.39 is 0 Å². The zero-order chi connectivity index (χ0) is 14.4. The molecule has 0 amide bonds. The van der Waals surface area contributed by atoms with Crippen LogP contribution in [0.3, 0.4) is 0 Å². The summed E-state index contributed by atoms with van der Waals surface area (Å²) in [5.41, 5.74) is 2.09. The summed E-state index contributed by atoms with van der Waals surface area (Å²) in [5.74, 6) is 0. The highest BCUT2D eigenvalue weighted by Crippen LogP contribution is 2.12. The lowest BCUT2D eigenvalue weighted by molar-refractivity contribution is 0.424. The molecule has 1 unspecified atom stereocenters. The fourth-order valence-corrected chi connectivity index (χ4v) is 2.08. The highest BCUT2D eigenvalue weighted by Gasteiger charge is 2.08. The summed E-state index contributed by atoms with van der Waals surface area (Å²) in [4.78, 5) is 0. The molecular formula is C14H23ClFN5. The third-order valence-corrected chi connectivity index (χ3v) is 3.38. The van der Waals surface area contributed by atoms with E-state index in [4.69, 9.17) is 0 Å². The number of nitrogens with one attached hydrogen (secondary N) is 1. The Bertz CT molecular complexity index is 525. The van der Waals surface area contributed by atoms with Crippen molar-refractivity contribution in [2.45, 2.75) is 45.9 Å². The summed E-state index contributed by atoms with van der Waals surface area (Å²) >= 11 is 0. The first-order chi connectivity index (χ1) is 9.74. The van der Waals surface area contributed by atoms with Gasteiger partial charge in [-0.3, -0.25) is 9.36 Å². The molecule has 2 rings (SSSR count). The van der Waals surface area contributed by atoms with Gasteiger partial charge in [-0.15, -0.1) is 12.4 Å². The summed E-state index contributed by atoms with van der Waals surface area (Å²) < 4.78 is 15.9. The number of aryl methyl sites for hydroxylation is 1. The van der Waals surface area contributed by atoms with Crippen LogP contribution in [-0.4, -0.2) is 26.2 Å². The average molecular weight is 316 g/mol. The topological polar surface area (TPSA) is 47.7 Å². The summed E-state index contributed by atoms with van der Waals surface area (Å²) in [5, 5.41) is 12.0. The molecule has 0 saturated heterocycles. The number of alkyl halides is 1. The van der Waals surface area contributed by atoms with Crippen LogP contribution in [0.5, 0.6) is 0 Å². The minimum Gasteiger partial charge on any atom is -0.305 e. The summed E-state index contributed by atoms with van der Waals surface area (Å²) in [6.07, 6.45) is 4.70. The zero-order valence-corrected chi connectivity index (χ0v) is 13.3. The van der Waals surface area contributed by atoms with Crippen LogP contribution in [0.15, 0.2) is 24.5 Å². The predicted molar refractivity (Wildman–Crippen MR) is 83.2 cm³/mol. The van der Waals surface area contributed by atoms with Crippen molar-refractivity contribution < 1.29 is 4.39 Å². The molecule has 1 atom stereocenters. The van der Waals surface area contributed by atoms with Gasteiger partial charge < -0.3 is 5.32 Å². The van der Waals surface area contributed by atoms with E-state index in [1.54, 1.807) is 10.9 Å². The van der Waals surface area contributed by atoms with Crippen LogP contribution in [0.4, 0.5) is 4.39 Å². The quantitative estimate of drug-likeness (QED) is 0.815. The van der Waals surface area contributed by atoms with Crippen molar-refractivity contribution in [2.24, 2.45) is 0 Å². The number of halogens is 2. The second-order valence-corrected chi connectivity index (χ2v) is 4.89. The van der Waals surface area contributed by atoms with Gasteiger partial charge in [-0.05, 0) is 25.5 Å². The van der Waals surface area contributed by atoms with E-state index in [2.05, 4.69) is 34.0 Å². The molecule has 21 heavy (non-hydrogen) atoms. The van der Waals surface area contributed by atoms with Gasteiger partial charge in [0.25, 0.3) is 0 Å². The first-order valence-corrected chi connectivity index (χ1v) is 7.06. The molecule has 0 radical (unpaired) electrons. The van der Waals surface area contributed by atoms with Crippen LogP contribution >= 0.6 is 12.4 Å². The SMILES string of the molecule is CCC(C)n1nccc1CNCc1ccn(CCF)n1.Cl. The van der Waals surface area contributed by atoms with E-state index in [1.807, 2.05) is 18.3 Å². The van der Waals surface area contributed by atoms with Gasteiger partial charge in [0.15, 0.2) is 0 Å². The Morgan fingerprint density at radius 1 is 1.33 bits per heavy atom. The van der Waals surface area contributed by atoms with Crippen molar-refractivity contribution in [3.05, 3.63) is 35.9 Å². The molecule has 118 valence electrons. The molecular weight excluding hydrogens is 293 g/mol. The predicted octanol–water partition coefficient (Wildman–Crippen LogP) is 2.73. The maximum atomic E-state index is 12.2. The molecule has 5 nitrogen and oxygen atoms in total. The van der Waals surface area contributed by atoms with E-state index >= 15 is 0 Å². The molecule has 0 saturated carbocycles. The van der Waals surface area contributed by atoms with Crippen molar-refractivity contribution in [3.63, 3.8) is 0 Å². The molecule has 0 aliphatic rings. The number of hydrogen-bond acceptors (Lipinski definition) is 3. The van der Waals surface area contributed by atoms with Crippen molar-refractivity contribution >= 4 is 12.4 Å². The molecule has 0 aromatic carbocycles. The summed E-state index contributed by atoms with van der Waals surface area (Å²) in [6, 6.07) is 4.35. The van der Waals surface area contributed by atoms with Crippen molar-refractivity contribution in [2.75, 3.05) is 6.67 Å². The highest BCUT2D eigenvalue weighted by atomic mass is 35.5. The molecule has 2 heterocycles. The van der Waals surface area contributed by atoms with Crippen LogP contribution in [0.25, 0.3) is 0 Å². The van der Waals surface area contributed by atoms with Gasteiger partial charge in [0.05, 0.1) is 17.9 Å². The molecule has 2 aromatic heterocycles. The first kappa shape index (κ1) is 17.7. The van der Waals surface area contributed by atoms with E-state index in [-0.39, 0.29) is 19.1 Å². The third kappa shape index (κ3) is 4.82. The molecule has 0 fully saturated rings. The second kappa shape index (κ2) is 8.79. The van der Waals surface area contributed by atoms with Gasteiger partial charge in [-0.2, -0.15) is 10.2 Å². The van der Waals surface area contributed by atoms with Gasteiger partial charge in [0.1, 0.15) is 6.67 Å². The fourth-order valence-electron chi connectivity index (χ4n) is 2.08. The van der Waals surface area contributed by atoms with Crippen LogP contribution in [0.1, 0.15) is 37.7 Å². The molecule has 2 aromatic rings. The normalized spacial score (nSPS) is 12.1. The van der Waals surface area contributed by atoms with E-state index in [1.165, 1.54) is 5.69 Å². The Kier molecular flexibility index (Phi) is 7.39. The Balaban J connectivity index is 0.00000220. The number of nitrogens with zero attached hydrogens (tertiary/aromatic N) is 4. The van der Waals surface area contributed by atoms with E-state index in [0.717, 1.165) is 18.7 Å². The smallest absolute Gasteiger partial charge is 0.109 e. The highest BCUT2D eigenvalue weighted by molar-refractivity contribution is 5.85. The lowest BCUT2D eigenvalue weighted by Gasteiger charge is -2.13. The Labute approximate surface area is 130 Å². The number of rotatable bonds is 8. The van der Waals surface area contributed by atoms with Gasteiger partial charge in [-0.25, -0.2) is 4.39 Å². The van der Waals surface area contributed by atoms with E-state index in [9.17, 15) is 4.39 Å². The maximum Gasteiger partial charge on any atom is 0.109 e. The van der Waals surface area contributed by atoms with Crippen molar-refractivity contribution in [1.29, 1.82) is 0 Å². The molecule has 0 aliphatic heterocycles. The third-order valence-electron chi connectivity index (χ3n) is 3.38. The van der Waals surface area contributed by atoms with E-state index in [0.29, 0.717) is 19.1 Å². The first-order valence-electron chi connectivity index (χ1n) is 7.06. The molecule has 7 heteroatoms. The van der Waals surface area contributed by atoms with Crippen molar-refractivity contribution in [1.82, 2.24) is 24.9 Å². The minimum absolute atomic E-state index is 0. The molecule has 0 spiro atoms. The zero-order valence-electron chi connectivity index (χ0n) is 12.5. The van der Waals surface area contributed by atoms with Gasteiger partial charge in [-0.1, -0.05) is 6.92 Å². The molecule has 1 N–H and O–H groups in total. The summed E-state index contributed by atoms with van der Waals surface area (Å²) in [7, 11) is 0. The van der Waals surface area contributed by atoms with Crippen molar-refractivity contribution in [3.8, 4) is 0 Å². The van der Waals surface area contributed by atoms with Crippen LogP contribution in [0, 0.1) is 0 Å². The monoisotopic (exact) mass is 315 g/mol. The second-order valence-electron chi connectivity index (χ2n) is 4.89. The number of hydrogen-bond donors (Lipinski definition) is 1. The Hall–Kier alpha value is -1.40. The van der Waals surface area contributed by atoms with Gasteiger partial charge in [0, 0.05) is 31.5 Å². The maximum absolute atomic E-state index is 12.2. The lowest BCUT2D eigenvalue weighted by Crippen LogP contribution is -2.18. The standard InChI is InChI=1S/C14H22FN5.ClH/c1-3-12(2)20-14(4-7-17-20)11-16-10-13-5-8-19(18-13)9-6-15;/h4-5,7-8,12,16H,3,6,9-11H2,1-2H3;1H. The van der Waals surface area contributed by atoms with Crippen LogP contribution < -0.4 is 5.32 Å². The van der Waals surface area contributed by atoms with Crippen LogP contribution in [0.2, 0.25) is 0 Å². The van der Waals surface area contributed by atoms with Gasteiger partial charge in [0.2, 0.25) is 0 Å². The van der Waals surface area contributed by atoms with Gasteiger partial charge >= 0.3 is 0 Å². The minimum atomic E-state index is -0.386. The summed E-state index contributed by atoms with van der Waals surface area (Å²) in [6.45, 7) is 5.67. The fraction of sp³-hybridized carbons (Fsp3) is 0.571. The average Bonchev–Trinajstić information content (AvgIpc) is 3.08. The van der Waals surface area contributed by atoms with Crippen LogP contribution in [-0.2, 0) is 19.6 Å². The Morgan fingerprint density at radius 2 is 2.14 bits per heavy atom. The number of aromatic nitrogens is 4. The molecule has 0 aliphatic carbocycles. The lowest BCUT2D eigenvalue weighted by atomic mass is 10.2.